The lowest BCUT2D eigenvalue weighted by atomic mass is 10.2. The topological polar surface area (TPSA) is 43.4 Å². The van der Waals surface area contributed by atoms with Crippen LogP contribution in [0.4, 0.5) is 0 Å². The zero-order chi connectivity index (χ0) is 10.8. The van der Waals surface area contributed by atoms with Crippen LogP contribution in [0.1, 0.15) is 33.1 Å². The summed E-state index contributed by atoms with van der Waals surface area (Å²) in [4.78, 5) is 21.8. The Morgan fingerprint density at radius 2 is 2.00 bits per heavy atom. The molecule has 82 valence electrons. The first kappa shape index (κ1) is 13.5. The van der Waals surface area contributed by atoms with E-state index < -0.39 is 0 Å². The van der Waals surface area contributed by atoms with Gasteiger partial charge in [0.1, 0.15) is 5.78 Å². The molecule has 0 aromatic carbocycles. The number of rotatable bonds is 8. The zero-order valence-corrected chi connectivity index (χ0v) is 9.69. The molecular weight excluding hydrogens is 200 g/mol. The van der Waals surface area contributed by atoms with Crippen LogP contribution in [0.3, 0.4) is 0 Å². The Balaban J connectivity index is 3.21. The van der Waals surface area contributed by atoms with E-state index in [4.69, 9.17) is 4.74 Å². The number of carbonyl (C=O) groups is 2. The highest BCUT2D eigenvalue weighted by Gasteiger charge is 2.02. The Kier molecular flexibility index (Phi) is 8.73. The summed E-state index contributed by atoms with van der Waals surface area (Å²) in [5, 5.41) is 0. The van der Waals surface area contributed by atoms with Crippen LogP contribution in [0.15, 0.2) is 0 Å². The van der Waals surface area contributed by atoms with E-state index in [1.54, 1.807) is 6.92 Å². The van der Waals surface area contributed by atoms with Gasteiger partial charge in [0, 0.05) is 12.8 Å². The molecule has 0 aliphatic heterocycles. The Hall–Kier alpha value is -0.510. The lowest BCUT2D eigenvalue weighted by molar-refractivity contribution is -0.139. The largest absolute Gasteiger partial charge is 0.465 e. The van der Waals surface area contributed by atoms with Gasteiger partial charge in [0.2, 0.25) is 0 Å². The standard InChI is InChI=1S/C10H18O3S/c1-3-9(11)6-5-7-14-8-10(12)13-4-2/h3-8H2,1-2H3. The van der Waals surface area contributed by atoms with Crippen molar-refractivity contribution in [1.82, 2.24) is 0 Å². The summed E-state index contributed by atoms with van der Waals surface area (Å²) in [6.07, 6.45) is 2.10. The fourth-order valence-electron chi connectivity index (χ4n) is 0.906. The SMILES string of the molecule is CCOC(=O)CSCCCC(=O)CC. The van der Waals surface area contributed by atoms with Crippen LogP contribution in [0.25, 0.3) is 0 Å². The van der Waals surface area contributed by atoms with Gasteiger partial charge >= 0.3 is 5.97 Å². The summed E-state index contributed by atoms with van der Waals surface area (Å²) in [6.45, 7) is 4.10. The fraction of sp³-hybridized carbons (Fsp3) is 0.800. The predicted molar refractivity (Wildman–Crippen MR) is 58.5 cm³/mol. The van der Waals surface area contributed by atoms with Crippen molar-refractivity contribution in [2.24, 2.45) is 0 Å². The second-order valence-corrected chi connectivity index (χ2v) is 3.96. The van der Waals surface area contributed by atoms with E-state index in [1.165, 1.54) is 11.8 Å². The molecule has 0 atom stereocenters. The van der Waals surface area contributed by atoms with Gasteiger partial charge in [0.25, 0.3) is 0 Å². The molecule has 0 bridgehead atoms. The van der Waals surface area contributed by atoms with Crippen LogP contribution in [-0.4, -0.2) is 29.9 Å². The van der Waals surface area contributed by atoms with Gasteiger partial charge in [0.05, 0.1) is 12.4 Å². The third-order valence-corrected chi connectivity index (χ3v) is 2.68. The average Bonchev–Trinajstić information content (AvgIpc) is 2.17. The molecular formula is C10H18O3S. The van der Waals surface area contributed by atoms with Crippen molar-refractivity contribution in [1.29, 1.82) is 0 Å². The smallest absolute Gasteiger partial charge is 0.315 e. The summed E-state index contributed by atoms with van der Waals surface area (Å²) in [5.74, 6) is 1.37. The van der Waals surface area contributed by atoms with Crippen molar-refractivity contribution in [2.75, 3.05) is 18.1 Å². The third-order valence-electron chi connectivity index (χ3n) is 1.66. The third kappa shape index (κ3) is 8.10. The second kappa shape index (κ2) is 9.06. The molecule has 0 spiro atoms. The Bertz CT molecular complexity index is 180. The lowest BCUT2D eigenvalue weighted by Gasteiger charge is -2.01. The molecule has 0 saturated heterocycles. The highest BCUT2D eigenvalue weighted by Crippen LogP contribution is 2.06. The average molecular weight is 218 g/mol. The molecule has 0 aromatic rings. The van der Waals surface area contributed by atoms with Crippen LogP contribution in [0, 0.1) is 0 Å². The molecule has 0 heterocycles. The number of esters is 1. The van der Waals surface area contributed by atoms with Crippen molar-refractivity contribution in [3.8, 4) is 0 Å². The van der Waals surface area contributed by atoms with Gasteiger partial charge in [0.15, 0.2) is 0 Å². The number of carbonyl (C=O) groups excluding carboxylic acids is 2. The highest BCUT2D eigenvalue weighted by atomic mass is 32.2. The first-order valence-corrected chi connectivity index (χ1v) is 6.11. The van der Waals surface area contributed by atoms with Crippen LogP contribution in [-0.2, 0) is 14.3 Å². The van der Waals surface area contributed by atoms with Gasteiger partial charge in [-0.2, -0.15) is 11.8 Å². The van der Waals surface area contributed by atoms with Crippen molar-refractivity contribution >= 4 is 23.5 Å². The monoisotopic (exact) mass is 218 g/mol. The van der Waals surface area contributed by atoms with Gasteiger partial charge in [-0.3, -0.25) is 9.59 Å². The van der Waals surface area contributed by atoms with E-state index in [0.29, 0.717) is 31.0 Å². The minimum Gasteiger partial charge on any atom is -0.465 e. The molecule has 0 amide bonds. The molecule has 4 heteroatoms. The van der Waals surface area contributed by atoms with Crippen molar-refractivity contribution in [2.45, 2.75) is 33.1 Å². The summed E-state index contributed by atoms with van der Waals surface area (Å²) in [7, 11) is 0. The van der Waals surface area contributed by atoms with Crippen LogP contribution in [0.2, 0.25) is 0 Å². The van der Waals surface area contributed by atoms with Gasteiger partial charge in [-0.1, -0.05) is 6.92 Å². The molecule has 0 aliphatic rings. The maximum absolute atomic E-state index is 10.9. The Labute approximate surface area is 89.6 Å². The summed E-state index contributed by atoms with van der Waals surface area (Å²) >= 11 is 1.53. The number of ether oxygens (including phenoxy) is 1. The summed E-state index contributed by atoms with van der Waals surface area (Å²) < 4.78 is 4.76. The predicted octanol–water partition coefficient (Wildman–Crippen LogP) is 2.04. The van der Waals surface area contributed by atoms with Gasteiger partial charge in [-0.25, -0.2) is 0 Å². The first-order valence-electron chi connectivity index (χ1n) is 4.95. The van der Waals surface area contributed by atoms with E-state index in [1.807, 2.05) is 6.92 Å². The molecule has 0 aromatic heterocycles. The summed E-state index contributed by atoms with van der Waals surface area (Å²) in [5.41, 5.74) is 0. The fourth-order valence-corrected chi connectivity index (χ4v) is 1.65. The first-order chi connectivity index (χ1) is 6.70. The second-order valence-electron chi connectivity index (χ2n) is 2.85. The Morgan fingerprint density at radius 3 is 2.57 bits per heavy atom. The molecule has 0 unspecified atom stereocenters. The van der Waals surface area contributed by atoms with E-state index in [2.05, 4.69) is 0 Å². The molecule has 3 nitrogen and oxygen atoms in total. The van der Waals surface area contributed by atoms with E-state index in [9.17, 15) is 9.59 Å². The van der Waals surface area contributed by atoms with E-state index >= 15 is 0 Å². The molecule has 0 fully saturated rings. The number of Topliss-reactive ketones (excluding diaryl/α,β-unsaturated/α-hetero) is 1. The van der Waals surface area contributed by atoms with Gasteiger partial charge in [-0.15, -0.1) is 0 Å². The van der Waals surface area contributed by atoms with Crippen molar-refractivity contribution in [3.63, 3.8) is 0 Å². The maximum atomic E-state index is 10.9. The number of hydrogen-bond donors (Lipinski definition) is 0. The normalized spacial score (nSPS) is 9.86. The van der Waals surface area contributed by atoms with Crippen LogP contribution >= 0.6 is 11.8 Å². The van der Waals surface area contributed by atoms with Crippen LogP contribution < -0.4 is 0 Å². The quantitative estimate of drug-likeness (QED) is 0.462. The summed E-state index contributed by atoms with van der Waals surface area (Å²) in [6, 6.07) is 0. The Morgan fingerprint density at radius 1 is 1.29 bits per heavy atom. The molecule has 0 N–H and O–H groups in total. The molecule has 0 radical (unpaired) electrons. The minimum atomic E-state index is -0.167. The zero-order valence-electron chi connectivity index (χ0n) is 8.88. The number of ketones is 1. The maximum Gasteiger partial charge on any atom is 0.315 e. The number of thioether (sulfide) groups is 1. The van der Waals surface area contributed by atoms with E-state index in [-0.39, 0.29) is 5.97 Å². The molecule has 0 saturated carbocycles. The van der Waals surface area contributed by atoms with Gasteiger partial charge in [-0.05, 0) is 19.1 Å². The molecule has 0 aliphatic carbocycles. The minimum absolute atomic E-state index is 0.167. The molecule has 0 rings (SSSR count). The highest BCUT2D eigenvalue weighted by molar-refractivity contribution is 7.99. The lowest BCUT2D eigenvalue weighted by Crippen LogP contribution is -2.07. The van der Waals surface area contributed by atoms with Crippen LogP contribution in [0.5, 0.6) is 0 Å². The van der Waals surface area contributed by atoms with Gasteiger partial charge < -0.3 is 4.74 Å². The number of hydrogen-bond acceptors (Lipinski definition) is 4. The van der Waals surface area contributed by atoms with Crippen molar-refractivity contribution < 1.29 is 14.3 Å². The van der Waals surface area contributed by atoms with Crippen molar-refractivity contribution in [3.05, 3.63) is 0 Å². The van der Waals surface area contributed by atoms with E-state index in [0.717, 1.165) is 12.2 Å². The molecule has 14 heavy (non-hydrogen) atoms.